The lowest BCUT2D eigenvalue weighted by molar-refractivity contribution is -0.385. The van der Waals surface area contributed by atoms with E-state index in [9.17, 15) is 20.0 Å². The lowest BCUT2D eigenvalue weighted by Gasteiger charge is -2.36. The fraction of sp³-hybridized carbons (Fsp3) is 0.462. The Balaban J connectivity index is 2.13. The molecule has 0 aromatic heterocycles. The Morgan fingerprint density at radius 1 is 1.53 bits per heavy atom. The van der Waals surface area contributed by atoms with Crippen LogP contribution in [0.4, 0.5) is 5.69 Å². The number of nitrogens with zero attached hydrogens (tertiary/aromatic N) is 1. The molecule has 0 heterocycles. The second kappa shape index (κ2) is 4.97. The van der Waals surface area contributed by atoms with Gasteiger partial charge in [-0.15, -0.1) is 0 Å². The molecule has 0 bridgehead atoms. The quantitative estimate of drug-likeness (QED) is 0.637. The number of nitro benzene ring substituents is 1. The molecule has 1 aliphatic rings. The summed E-state index contributed by atoms with van der Waals surface area (Å²) >= 11 is 0. The second-order valence-corrected chi connectivity index (χ2v) is 5.04. The number of carbonyl (C=O) groups excluding carboxylic acids is 1. The van der Waals surface area contributed by atoms with Gasteiger partial charge < -0.3 is 10.4 Å². The lowest BCUT2D eigenvalue weighted by Crippen LogP contribution is -2.47. The van der Waals surface area contributed by atoms with E-state index in [1.807, 2.05) is 0 Å². The first kappa shape index (κ1) is 13.5. The zero-order valence-corrected chi connectivity index (χ0v) is 10.7. The summed E-state index contributed by atoms with van der Waals surface area (Å²) in [4.78, 5) is 22.3. The number of amides is 1. The monoisotopic (exact) mass is 264 g/mol. The van der Waals surface area contributed by atoms with Gasteiger partial charge in [0.25, 0.3) is 11.6 Å². The molecule has 1 saturated carbocycles. The third-order valence-corrected chi connectivity index (χ3v) is 3.46. The molecular weight excluding hydrogens is 248 g/mol. The highest BCUT2D eigenvalue weighted by Crippen LogP contribution is 2.30. The number of rotatable bonds is 4. The average molecular weight is 264 g/mol. The molecule has 1 fully saturated rings. The molecule has 0 radical (unpaired) electrons. The van der Waals surface area contributed by atoms with Gasteiger partial charge in [-0.25, -0.2) is 0 Å². The SMILES string of the molecule is Cc1ccc([N+](=O)[O-])c(C(=O)NCC2(O)CCC2)c1. The predicted molar refractivity (Wildman–Crippen MR) is 69.0 cm³/mol. The van der Waals surface area contributed by atoms with Crippen molar-refractivity contribution in [3.8, 4) is 0 Å². The van der Waals surface area contributed by atoms with Gasteiger partial charge in [0.15, 0.2) is 0 Å². The molecule has 6 heteroatoms. The van der Waals surface area contributed by atoms with Crippen molar-refractivity contribution in [2.75, 3.05) is 6.54 Å². The van der Waals surface area contributed by atoms with E-state index in [1.165, 1.54) is 12.1 Å². The van der Waals surface area contributed by atoms with Crippen molar-refractivity contribution in [3.63, 3.8) is 0 Å². The lowest BCUT2D eigenvalue weighted by atomic mass is 9.80. The van der Waals surface area contributed by atoms with E-state index in [-0.39, 0.29) is 17.8 Å². The molecule has 2 rings (SSSR count). The summed E-state index contributed by atoms with van der Waals surface area (Å²) in [6, 6.07) is 4.40. The van der Waals surface area contributed by atoms with Crippen molar-refractivity contribution in [3.05, 3.63) is 39.4 Å². The summed E-state index contributed by atoms with van der Waals surface area (Å²) in [5, 5.41) is 23.3. The Bertz CT molecular complexity index is 523. The molecule has 1 aromatic carbocycles. The molecule has 0 atom stereocenters. The fourth-order valence-corrected chi connectivity index (χ4v) is 2.09. The van der Waals surface area contributed by atoms with Gasteiger partial charge in [0.1, 0.15) is 5.56 Å². The van der Waals surface area contributed by atoms with E-state index >= 15 is 0 Å². The molecule has 2 N–H and O–H groups in total. The van der Waals surface area contributed by atoms with Crippen LogP contribution in [0.1, 0.15) is 35.2 Å². The van der Waals surface area contributed by atoms with Crippen LogP contribution in [0.2, 0.25) is 0 Å². The first-order valence-corrected chi connectivity index (χ1v) is 6.17. The van der Waals surface area contributed by atoms with E-state index in [2.05, 4.69) is 5.32 Å². The van der Waals surface area contributed by atoms with Crippen LogP contribution in [-0.4, -0.2) is 28.1 Å². The molecule has 0 spiro atoms. The van der Waals surface area contributed by atoms with E-state index in [0.29, 0.717) is 12.8 Å². The second-order valence-electron chi connectivity index (χ2n) is 5.04. The maximum atomic E-state index is 12.0. The van der Waals surface area contributed by atoms with Gasteiger partial charge >= 0.3 is 0 Å². The summed E-state index contributed by atoms with van der Waals surface area (Å²) in [5.74, 6) is -0.518. The number of nitrogens with one attached hydrogen (secondary N) is 1. The van der Waals surface area contributed by atoms with E-state index in [1.54, 1.807) is 13.0 Å². The molecule has 19 heavy (non-hydrogen) atoms. The number of carbonyl (C=O) groups is 1. The van der Waals surface area contributed by atoms with Gasteiger partial charge in [0.2, 0.25) is 0 Å². The summed E-state index contributed by atoms with van der Waals surface area (Å²) in [6.07, 6.45) is 2.25. The minimum absolute atomic E-state index is 0.0351. The van der Waals surface area contributed by atoms with Gasteiger partial charge in [-0.3, -0.25) is 14.9 Å². The molecule has 0 unspecified atom stereocenters. The minimum atomic E-state index is -0.839. The number of hydrogen-bond acceptors (Lipinski definition) is 4. The van der Waals surface area contributed by atoms with Crippen molar-refractivity contribution in [1.82, 2.24) is 5.32 Å². The van der Waals surface area contributed by atoms with Crippen molar-refractivity contribution < 1.29 is 14.8 Å². The Morgan fingerprint density at radius 3 is 2.74 bits per heavy atom. The van der Waals surface area contributed by atoms with Crippen molar-refractivity contribution in [1.29, 1.82) is 0 Å². The molecule has 6 nitrogen and oxygen atoms in total. The molecule has 1 aromatic rings. The van der Waals surface area contributed by atoms with Crippen LogP contribution in [0.5, 0.6) is 0 Å². The van der Waals surface area contributed by atoms with Gasteiger partial charge in [-0.05, 0) is 37.8 Å². The van der Waals surface area contributed by atoms with Crippen LogP contribution in [0.25, 0.3) is 0 Å². The third-order valence-electron chi connectivity index (χ3n) is 3.46. The van der Waals surface area contributed by atoms with Crippen LogP contribution < -0.4 is 5.32 Å². The van der Waals surface area contributed by atoms with E-state index < -0.39 is 16.4 Å². The van der Waals surface area contributed by atoms with Crippen molar-refractivity contribution >= 4 is 11.6 Å². The van der Waals surface area contributed by atoms with Gasteiger partial charge in [-0.1, -0.05) is 6.07 Å². The normalized spacial score (nSPS) is 16.5. The summed E-state index contributed by atoms with van der Waals surface area (Å²) in [6.45, 7) is 1.90. The first-order chi connectivity index (χ1) is 8.91. The van der Waals surface area contributed by atoms with E-state index in [4.69, 9.17) is 0 Å². The van der Waals surface area contributed by atoms with Gasteiger partial charge in [0.05, 0.1) is 10.5 Å². The molecular formula is C13H16N2O4. The molecule has 0 saturated heterocycles. The Hall–Kier alpha value is -1.95. The fourth-order valence-electron chi connectivity index (χ4n) is 2.09. The highest BCUT2D eigenvalue weighted by Gasteiger charge is 2.35. The Morgan fingerprint density at radius 2 is 2.21 bits per heavy atom. The zero-order valence-electron chi connectivity index (χ0n) is 10.7. The van der Waals surface area contributed by atoms with Crippen molar-refractivity contribution in [2.45, 2.75) is 31.8 Å². The van der Waals surface area contributed by atoms with Crippen LogP contribution in [0.3, 0.4) is 0 Å². The standard InChI is InChI=1S/C13H16N2O4/c1-9-3-4-11(15(18)19)10(7-9)12(16)14-8-13(17)5-2-6-13/h3-4,7,17H,2,5-6,8H2,1H3,(H,14,16). The summed E-state index contributed by atoms with van der Waals surface area (Å²) < 4.78 is 0. The first-order valence-electron chi connectivity index (χ1n) is 6.17. The maximum Gasteiger partial charge on any atom is 0.282 e. The van der Waals surface area contributed by atoms with Crippen LogP contribution >= 0.6 is 0 Å². The summed E-state index contributed by atoms with van der Waals surface area (Å²) in [7, 11) is 0. The Labute approximate surface area is 110 Å². The molecule has 1 aliphatic carbocycles. The topological polar surface area (TPSA) is 92.5 Å². The maximum absolute atomic E-state index is 12.0. The summed E-state index contributed by atoms with van der Waals surface area (Å²) in [5.41, 5.74) is -0.247. The van der Waals surface area contributed by atoms with Crippen LogP contribution in [-0.2, 0) is 0 Å². The number of hydrogen-bond donors (Lipinski definition) is 2. The Kier molecular flexibility index (Phi) is 3.53. The minimum Gasteiger partial charge on any atom is -0.388 e. The predicted octanol–water partition coefficient (Wildman–Crippen LogP) is 1.55. The number of benzene rings is 1. The third kappa shape index (κ3) is 2.90. The average Bonchev–Trinajstić information content (AvgIpc) is 2.33. The molecule has 1 amide bonds. The van der Waals surface area contributed by atoms with Gasteiger partial charge in [-0.2, -0.15) is 0 Å². The van der Waals surface area contributed by atoms with E-state index in [0.717, 1.165) is 12.0 Å². The molecule has 0 aliphatic heterocycles. The number of aryl methyl sites for hydroxylation is 1. The highest BCUT2D eigenvalue weighted by molar-refractivity contribution is 5.98. The van der Waals surface area contributed by atoms with Gasteiger partial charge in [0, 0.05) is 12.6 Å². The van der Waals surface area contributed by atoms with Crippen molar-refractivity contribution in [2.24, 2.45) is 0 Å². The van der Waals surface area contributed by atoms with Crippen LogP contribution in [0, 0.1) is 17.0 Å². The zero-order chi connectivity index (χ0) is 14.0. The largest absolute Gasteiger partial charge is 0.388 e. The molecule has 102 valence electrons. The number of nitro groups is 1. The number of aliphatic hydroxyl groups is 1. The van der Waals surface area contributed by atoms with Crippen LogP contribution in [0.15, 0.2) is 18.2 Å². The highest BCUT2D eigenvalue weighted by atomic mass is 16.6. The smallest absolute Gasteiger partial charge is 0.282 e.